The Morgan fingerprint density at radius 2 is 1.63 bits per heavy atom. The van der Waals surface area contributed by atoms with Crippen molar-refractivity contribution in [1.82, 2.24) is 20.4 Å². The first-order valence-corrected chi connectivity index (χ1v) is 16.5. The maximum Gasteiger partial charge on any atom is 0.262 e. The van der Waals surface area contributed by atoms with E-state index in [1.807, 2.05) is 24.3 Å². The van der Waals surface area contributed by atoms with Crippen molar-refractivity contribution >= 4 is 29.5 Å². The van der Waals surface area contributed by atoms with Crippen LogP contribution in [0.15, 0.2) is 42.5 Å². The third-order valence-corrected chi connectivity index (χ3v) is 9.64. The molecule has 11 nitrogen and oxygen atoms in total. The molecule has 11 heteroatoms. The summed E-state index contributed by atoms with van der Waals surface area (Å²) in [5, 5.41) is 5.36. The molecule has 0 radical (unpaired) electrons. The summed E-state index contributed by atoms with van der Waals surface area (Å²) in [7, 11) is 2.11. The van der Waals surface area contributed by atoms with Gasteiger partial charge in [-0.2, -0.15) is 0 Å². The lowest BCUT2D eigenvalue weighted by Crippen LogP contribution is -2.54. The van der Waals surface area contributed by atoms with Gasteiger partial charge in [0.05, 0.1) is 17.7 Å². The van der Waals surface area contributed by atoms with Crippen LogP contribution in [0.25, 0.3) is 0 Å². The Bertz CT molecular complexity index is 1480. The van der Waals surface area contributed by atoms with Crippen LogP contribution in [0.5, 0.6) is 11.5 Å². The van der Waals surface area contributed by atoms with E-state index in [1.54, 1.807) is 18.2 Å². The van der Waals surface area contributed by atoms with Gasteiger partial charge in [-0.3, -0.25) is 34.2 Å². The van der Waals surface area contributed by atoms with Gasteiger partial charge < -0.3 is 19.7 Å². The third kappa shape index (κ3) is 7.09. The Kier molecular flexibility index (Phi) is 9.67. The number of hydrogen-bond acceptors (Lipinski definition) is 8. The number of fused-ring (bicyclic) bond motifs is 1. The average molecular weight is 631 g/mol. The molecule has 0 bridgehead atoms. The highest BCUT2D eigenvalue weighted by Gasteiger charge is 2.45. The van der Waals surface area contributed by atoms with Gasteiger partial charge in [0.15, 0.2) is 0 Å². The molecule has 2 aromatic carbocycles. The van der Waals surface area contributed by atoms with Crippen molar-refractivity contribution < 1.29 is 33.4 Å². The minimum absolute atomic E-state index is 0.0117. The monoisotopic (exact) mass is 630 g/mol. The first-order valence-electron chi connectivity index (χ1n) is 16.5. The minimum atomic E-state index is -0.985. The molecule has 5 amide bonds. The number of amides is 5. The molecule has 2 saturated carbocycles. The van der Waals surface area contributed by atoms with Crippen molar-refractivity contribution in [3.8, 4) is 11.5 Å². The summed E-state index contributed by atoms with van der Waals surface area (Å²) >= 11 is 0. The molecule has 2 heterocycles. The number of carbonyl (C=O) groups is 5. The zero-order chi connectivity index (χ0) is 32.2. The van der Waals surface area contributed by atoms with Crippen LogP contribution in [0, 0.1) is 0 Å². The van der Waals surface area contributed by atoms with Crippen LogP contribution < -0.4 is 20.1 Å². The highest BCUT2D eigenvalue weighted by atomic mass is 16.5. The molecule has 6 rings (SSSR count). The first kappa shape index (κ1) is 31.7. The molecule has 2 aromatic rings. The number of piperidine rings is 1. The predicted molar refractivity (Wildman–Crippen MR) is 169 cm³/mol. The van der Waals surface area contributed by atoms with E-state index in [-0.39, 0.29) is 36.0 Å². The Labute approximate surface area is 269 Å². The van der Waals surface area contributed by atoms with Crippen molar-refractivity contribution in [2.45, 2.75) is 94.9 Å². The molecule has 1 unspecified atom stereocenters. The zero-order valence-electron chi connectivity index (χ0n) is 26.3. The Morgan fingerprint density at radius 1 is 0.913 bits per heavy atom. The van der Waals surface area contributed by atoms with Crippen LogP contribution in [0.3, 0.4) is 0 Å². The van der Waals surface area contributed by atoms with Crippen LogP contribution in [0.1, 0.15) is 102 Å². The summed E-state index contributed by atoms with van der Waals surface area (Å²) in [4.78, 5) is 65.6. The van der Waals surface area contributed by atoms with Gasteiger partial charge in [0, 0.05) is 36.9 Å². The summed E-state index contributed by atoms with van der Waals surface area (Å²) in [6.45, 7) is 1.55. The van der Waals surface area contributed by atoms with E-state index in [2.05, 4.69) is 22.6 Å². The van der Waals surface area contributed by atoms with E-state index >= 15 is 0 Å². The largest absolute Gasteiger partial charge is 0.494 e. The SMILES string of the molecule is CN(CCCCOc1ccc(C(=O)NC2CCCCC2)cc1)[C@H]1C[C@H](Oc2ccc3c(c2)C(=O)N(C2CCC(=O)NC2=O)C3=O)C1. The van der Waals surface area contributed by atoms with E-state index in [0.717, 1.165) is 55.7 Å². The molecule has 2 N–H and O–H groups in total. The molecule has 3 fully saturated rings. The highest BCUT2D eigenvalue weighted by molar-refractivity contribution is 6.23. The number of ether oxygens (including phenoxy) is 2. The molecular weight excluding hydrogens is 588 g/mol. The number of hydrogen-bond donors (Lipinski definition) is 2. The van der Waals surface area contributed by atoms with Crippen LogP contribution in [-0.2, 0) is 9.59 Å². The van der Waals surface area contributed by atoms with Crippen LogP contribution in [0.4, 0.5) is 0 Å². The fourth-order valence-electron chi connectivity index (χ4n) is 6.76. The molecule has 2 aliphatic carbocycles. The average Bonchev–Trinajstić information content (AvgIpc) is 3.27. The van der Waals surface area contributed by atoms with E-state index in [4.69, 9.17) is 9.47 Å². The van der Waals surface area contributed by atoms with Gasteiger partial charge in [0.25, 0.3) is 17.7 Å². The summed E-state index contributed by atoms with van der Waals surface area (Å²) in [6.07, 6.45) is 9.61. The number of rotatable bonds is 12. The minimum Gasteiger partial charge on any atom is -0.494 e. The first-order chi connectivity index (χ1) is 22.3. The summed E-state index contributed by atoms with van der Waals surface area (Å²) in [5.41, 5.74) is 1.13. The fraction of sp³-hybridized carbons (Fsp3) is 0.514. The van der Waals surface area contributed by atoms with Gasteiger partial charge in [0.1, 0.15) is 23.6 Å². The normalized spacial score (nSPS) is 23.2. The molecule has 4 aliphatic rings. The third-order valence-electron chi connectivity index (χ3n) is 9.64. The number of benzene rings is 2. The fourth-order valence-corrected chi connectivity index (χ4v) is 6.76. The molecule has 1 saturated heterocycles. The second-order valence-electron chi connectivity index (χ2n) is 12.9. The molecule has 46 heavy (non-hydrogen) atoms. The molecule has 0 aromatic heterocycles. The van der Waals surface area contributed by atoms with Gasteiger partial charge in [-0.15, -0.1) is 0 Å². The Hall–Kier alpha value is -4.25. The Morgan fingerprint density at radius 3 is 2.37 bits per heavy atom. The van der Waals surface area contributed by atoms with Crippen LogP contribution >= 0.6 is 0 Å². The van der Waals surface area contributed by atoms with E-state index in [1.165, 1.54) is 19.3 Å². The highest BCUT2D eigenvalue weighted by Crippen LogP contribution is 2.33. The van der Waals surface area contributed by atoms with Crippen LogP contribution in [0.2, 0.25) is 0 Å². The summed E-state index contributed by atoms with van der Waals surface area (Å²) < 4.78 is 12.0. The van der Waals surface area contributed by atoms with Gasteiger partial charge in [0.2, 0.25) is 11.8 Å². The predicted octanol–water partition coefficient (Wildman–Crippen LogP) is 3.85. The molecule has 2 aliphatic heterocycles. The van der Waals surface area contributed by atoms with Crippen molar-refractivity contribution in [1.29, 1.82) is 0 Å². The number of unbranched alkanes of at least 4 members (excludes halogenated alkanes) is 1. The van der Waals surface area contributed by atoms with Gasteiger partial charge in [-0.05, 0) is 88.2 Å². The topological polar surface area (TPSA) is 134 Å². The number of nitrogens with one attached hydrogen (secondary N) is 2. The smallest absolute Gasteiger partial charge is 0.262 e. The molecular formula is C35H42N4O7. The van der Waals surface area contributed by atoms with E-state index in [0.29, 0.717) is 30.0 Å². The maximum absolute atomic E-state index is 13.1. The number of imide groups is 2. The van der Waals surface area contributed by atoms with Crippen molar-refractivity contribution in [2.75, 3.05) is 20.2 Å². The molecule has 244 valence electrons. The van der Waals surface area contributed by atoms with Crippen LogP contribution in [-0.4, -0.2) is 83.8 Å². The number of nitrogens with zero attached hydrogens (tertiary/aromatic N) is 2. The second-order valence-corrected chi connectivity index (χ2v) is 12.9. The van der Waals surface area contributed by atoms with Gasteiger partial charge >= 0.3 is 0 Å². The van der Waals surface area contributed by atoms with E-state index in [9.17, 15) is 24.0 Å². The Balaban J connectivity index is 0.882. The van der Waals surface area contributed by atoms with Crippen molar-refractivity contribution in [3.63, 3.8) is 0 Å². The maximum atomic E-state index is 13.1. The second kappa shape index (κ2) is 14.0. The zero-order valence-corrected chi connectivity index (χ0v) is 26.3. The van der Waals surface area contributed by atoms with Gasteiger partial charge in [-0.25, -0.2) is 0 Å². The standard InChI is InChI=1S/C35H42N4O7/c1-38(17-5-6-18-45-25-11-9-22(10-12-25)32(41)36-23-7-3-2-4-8-23)24-19-27(20-24)46-26-13-14-28-29(21-26)35(44)39(34(28)43)30-15-16-31(40)37-33(30)42/h9-14,21,23-24,27,30H,2-8,15-20H2,1H3,(H,36,41)(H,37,40,42)/t24-,27-,30?. The van der Waals surface area contributed by atoms with Crippen molar-refractivity contribution in [3.05, 3.63) is 59.2 Å². The van der Waals surface area contributed by atoms with E-state index < -0.39 is 29.7 Å². The molecule has 1 atom stereocenters. The quantitative estimate of drug-likeness (QED) is 0.267. The lowest BCUT2D eigenvalue weighted by Gasteiger charge is -2.41. The summed E-state index contributed by atoms with van der Waals surface area (Å²) in [5.74, 6) is -0.813. The van der Waals surface area contributed by atoms with Gasteiger partial charge in [-0.1, -0.05) is 19.3 Å². The lowest BCUT2D eigenvalue weighted by molar-refractivity contribution is -0.136. The van der Waals surface area contributed by atoms with Crippen molar-refractivity contribution in [2.24, 2.45) is 0 Å². The lowest BCUT2D eigenvalue weighted by atomic mass is 9.88. The molecule has 0 spiro atoms. The summed E-state index contributed by atoms with van der Waals surface area (Å²) in [6, 6.07) is 11.9. The number of carbonyl (C=O) groups excluding carboxylic acids is 5.